The Labute approximate surface area is 134 Å². The van der Waals surface area contributed by atoms with Gasteiger partial charge in [-0.2, -0.15) is 10.5 Å². The summed E-state index contributed by atoms with van der Waals surface area (Å²) in [6.07, 6.45) is 0. The van der Waals surface area contributed by atoms with Crippen molar-refractivity contribution in [2.45, 2.75) is 0 Å². The van der Waals surface area contributed by atoms with E-state index in [0.29, 0.717) is 0 Å². The van der Waals surface area contributed by atoms with E-state index in [-0.39, 0.29) is 43.1 Å². The van der Waals surface area contributed by atoms with Crippen LogP contribution in [-0.4, -0.2) is 4.98 Å². The number of hydrogen-bond donors (Lipinski definition) is 2. The number of nitrogens with one attached hydrogen (secondary N) is 1. The van der Waals surface area contributed by atoms with Crippen molar-refractivity contribution in [2.75, 3.05) is 5.73 Å². The van der Waals surface area contributed by atoms with Gasteiger partial charge >= 0.3 is 0 Å². The third-order valence-corrected chi connectivity index (χ3v) is 3.88. The van der Waals surface area contributed by atoms with Gasteiger partial charge in [-0.05, 0) is 12.1 Å². The van der Waals surface area contributed by atoms with E-state index in [1.807, 2.05) is 6.07 Å². The summed E-state index contributed by atoms with van der Waals surface area (Å²) in [4.78, 5) is 14.1. The zero-order chi connectivity index (χ0) is 15.7. The number of nitrogens with two attached hydrogens (primary N) is 1. The third-order valence-electron chi connectivity index (χ3n) is 2.76. The van der Waals surface area contributed by atoms with E-state index in [9.17, 15) is 15.3 Å². The number of halogens is 3. The second kappa shape index (κ2) is 5.67. The second-order valence-electron chi connectivity index (χ2n) is 3.93. The molecule has 0 spiro atoms. The van der Waals surface area contributed by atoms with Crippen molar-refractivity contribution >= 4 is 40.6 Å². The van der Waals surface area contributed by atoms with E-state index in [0.717, 1.165) is 0 Å². The van der Waals surface area contributed by atoms with Crippen LogP contribution in [-0.2, 0) is 0 Å². The Morgan fingerprint density at radius 3 is 2.14 bits per heavy atom. The SMILES string of the molecule is N#Cc1c(N)[nH]c(=O)c(C#N)c1-c1c(Cl)ccc(Cl)c1Cl. The Balaban J connectivity index is 3.09. The van der Waals surface area contributed by atoms with Crippen LogP contribution in [0.3, 0.4) is 0 Å². The molecule has 0 aliphatic carbocycles. The first-order valence-corrected chi connectivity index (χ1v) is 6.55. The summed E-state index contributed by atoms with van der Waals surface area (Å²) < 4.78 is 0. The molecule has 0 bridgehead atoms. The lowest BCUT2D eigenvalue weighted by Crippen LogP contribution is -2.16. The van der Waals surface area contributed by atoms with Gasteiger partial charge in [-0.1, -0.05) is 34.8 Å². The minimum absolute atomic E-state index is 0.0289. The Morgan fingerprint density at radius 1 is 1.00 bits per heavy atom. The molecule has 0 unspecified atom stereocenters. The molecule has 1 aromatic heterocycles. The van der Waals surface area contributed by atoms with Crippen molar-refractivity contribution in [3.63, 3.8) is 0 Å². The molecule has 0 aliphatic heterocycles. The maximum atomic E-state index is 11.9. The van der Waals surface area contributed by atoms with Gasteiger partial charge in [-0.15, -0.1) is 0 Å². The summed E-state index contributed by atoms with van der Waals surface area (Å²) >= 11 is 18.1. The quantitative estimate of drug-likeness (QED) is 0.777. The average molecular weight is 340 g/mol. The Kier molecular flexibility index (Phi) is 4.11. The molecule has 2 aromatic rings. The second-order valence-corrected chi connectivity index (χ2v) is 5.13. The molecule has 21 heavy (non-hydrogen) atoms. The van der Waals surface area contributed by atoms with Crippen molar-refractivity contribution in [3.8, 4) is 23.3 Å². The molecule has 104 valence electrons. The van der Waals surface area contributed by atoms with E-state index < -0.39 is 5.56 Å². The molecule has 0 aliphatic rings. The molecule has 8 heteroatoms. The van der Waals surface area contributed by atoms with Gasteiger partial charge in [-0.3, -0.25) is 4.79 Å². The van der Waals surface area contributed by atoms with Crippen molar-refractivity contribution in [1.82, 2.24) is 4.98 Å². The van der Waals surface area contributed by atoms with Gasteiger partial charge in [0, 0.05) is 11.1 Å². The summed E-state index contributed by atoms with van der Waals surface area (Å²) in [5.41, 5.74) is 4.57. The maximum Gasteiger partial charge on any atom is 0.268 e. The van der Waals surface area contributed by atoms with Crippen LogP contribution < -0.4 is 11.3 Å². The van der Waals surface area contributed by atoms with Crippen molar-refractivity contribution in [1.29, 1.82) is 10.5 Å². The van der Waals surface area contributed by atoms with Crippen LogP contribution in [0.2, 0.25) is 15.1 Å². The number of nitrogens with zero attached hydrogens (tertiary/aromatic N) is 2. The van der Waals surface area contributed by atoms with E-state index in [1.54, 1.807) is 6.07 Å². The minimum Gasteiger partial charge on any atom is -0.384 e. The van der Waals surface area contributed by atoms with E-state index in [2.05, 4.69) is 4.98 Å². The van der Waals surface area contributed by atoms with Gasteiger partial charge in [0.05, 0.1) is 15.1 Å². The van der Waals surface area contributed by atoms with Crippen molar-refractivity contribution in [2.24, 2.45) is 0 Å². The van der Waals surface area contributed by atoms with Crippen LogP contribution in [0.4, 0.5) is 5.82 Å². The number of nitrogen functional groups attached to an aromatic ring is 1. The number of pyridine rings is 1. The number of H-pyrrole nitrogens is 1. The van der Waals surface area contributed by atoms with Crippen LogP contribution in [0.25, 0.3) is 11.1 Å². The number of hydrogen-bond acceptors (Lipinski definition) is 4. The highest BCUT2D eigenvalue weighted by molar-refractivity contribution is 6.46. The topological polar surface area (TPSA) is 106 Å². The first-order valence-electron chi connectivity index (χ1n) is 5.42. The number of aromatic nitrogens is 1. The molecule has 1 aromatic carbocycles. The third kappa shape index (κ3) is 2.43. The predicted molar refractivity (Wildman–Crippen MR) is 81.4 cm³/mol. The van der Waals surface area contributed by atoms with Gasteiger partial charge in [0.15, 0.2) is 0 Å². The largest absolute Gasteiger partial charge is 0.384 e. The first kappa shape index (κ1) is 15.2. The van der Waals surface area contributed by atoms with Crippen molar-refractivity contribution < 1.29 is 0 Å². The average Bonchev–Trinajstić information content (AvgIpc) is 2.43. The van der Waals surface area contributed by atoms with Crippen LogP contribution in [0.5, 0.6) is 0 Å². The van der Waals surface area contributed by atoms with Crippen LogP contribution in [0.1, 0.15) is 11.1 Å². The number of rotatable bonds is 1. The summed E-state index contributed by atoms with van der Waals surface area (Å²) in [5.74, 6) is -0.177. The fourth-order valence-corrected chi connectivity index (χ4v) is 2.57. The number of benzene rings is 1. The highest BCUT2D eigenvalue weighted by atomic mass is 35.5. The van der Waals surface area contributed by atoms with E-state index in [4.69, 9.17) is 40.5 Å². The van der Waals surface area contributed by atoms with Crippen LogP contribution in [0.15, 0.2) is 16.9 Å². The van der Waals surface area contributed by atoms with Gasteiger partial charge < -0.3 is 10.7 Å². The summed E-state index contributed by atoms with van der Waals surface area (Å²) in [5, 5.41) is 18.8. The molecule has 0 atom stereocenters. The van der Waals surface area contributed by atoms with Gasteiger partial charge in [-0.25, -0.2) is 0 Å². The van der Waals surface area contributed by atoms with Crippen molar-refractivity contribution in [3.05, 3.63) is 48.7 Å². The lowest BCUT2D eigenvalue weighted by atomic mass is 9.96. The van der Waals surface area contributed by atoms with Gasteiger partial charge in [0.25, 0.3) is 5.56 Å². The molecule has 0 saturated carbocycles. The molecular weight excluding hydrogens is 335 g/mol. The Hall–Kier alpha value is -2.18. The Morgan fingerprint density at radius 2 is 1.57 bits per heavy atom. The zero-order valence-corrected chi connectivity index (χ0v) is 12.4. The lowest BCUT2D eigenvalue weighted by Gasteiger charge is -2.12. The van der Waals surface area contributed by atoms with Gasteiger partial charge in [0.1, 0.15) is 29.1 Å². The lowest BCUT2D eigenvalue weighted by molar-refractivity contribution is 1.21. The summed E-state index contributed by atoms with van der Waals surface area (Å²) in [7, 11) is 0. The number of anilines is 1. The van der Waals surface area contributed by atoms with Crippen LogP contribution >= 0.6 is 34.8 Å². The Bertz CT molecular complexity index is 890. The molecule has 0 radical (unpaired) electrons. The van der Waals surface area contributed by atoms with Gasteiger partial charge in [0.2, 0.25) is 0 Å². The standard InChI is InChI=1S/C13H5Cl3N4O/c14-7-1-2-8(15)11(16)10(7)9-5(3-17)12(19)20-13(21)6(9)4-18/h1-2H,(H3,19,20,21). The normalized spacial score (nSPS) is 9.95. The highest BCUT2D eigenvalue weighted by Gasteiger charge is 2.23. The fraction of sp³-hybridized carbons (Fsp3) is 0. The molecule has 0 fully saturated rings. The molecule has 5 nitrogen and oxygen atoms in total. The molecule has 1 heterocycles. The predicted octanol–water partition coefficient (Wildman–Crippen LogP) is 3.33. The minimum atomic E-state index is -0.740. The summed E-state index contributed by atoms with van der Waals surface area (Å²) in [6, 6.07) is 6.47. The zero-order valence-electron chi connectivity index (χ0n) is 10.2. The van der Waals surface area contributed by atoms with E-state index >= 15 is 0 Å². The number of nitriles is 2. The number of aromatic amines is 1. The molecule has 0 saturated heterocycles. The highest BCUT2D eigenvalue weighted by Crippen LogP contribution is 2.41. The van der Waals surface area contributed by atoms with Crippen LogP contribution in [0, 0.1) is 22.7 Å². The molecule has 0 amide bonds. The summed E-state index contributed by atoms with van der Waals surface area (Å²) in [6.45, 7) is 0. The molecular formula is C13H5Cl3N4O. The molecule has 3 N–H and O–H groups in total. The monoisotopic (exact) mass is 338 g/mol. The fourth-order valence-electron chi connectivity index (χ4n) is 1.85. The smallest absolute Gasteiger partial charge is 0.268 e. The molecule has 2 rings (SSSR count). The first-order chi connectivity index (χ1) is 9.92. The van der Waals surface area contributed by atoms with E-state index in [1.165, 1.54) is 12.1 Å². The maximum absolute atomic E-state index is 11.9.